The molecule has 0 unspecified atom stereocenters. The second-order valence-corrected chi connectivity index (χ2v) is 19.1. The summed E-state index contributed by atoms with van der Waals surface area (Å²) in [5, 5.41) is 17.2. The van der Waals surface area contributed by atoms with E-state index in [9.17, 15) is 43.2 Å². The van der Waals surface area contributed by atoms with Crippen molar-refractivity contribution in [3.63, 3.8) is 0 Å². The highest BCUT2D eigenvalue weighted by molar-refractivity contribution is 5.96. The predicted molar refractivity (Wildman–Crippen MR) is 260 cm³/mol. The van der Waals surface area contributed by atoms with Crippen LogP contribution in [0.25, 0.3) is 10.9 Å². The number of hydrogen-bond donors (Lipinski definition) is 11. The van der Waals surface area contributed by atoms with Gasteiger partial charge in [-0.25, -0.2) is 4.98 Å². The summed E-state index contributed by atoms with van der Waals surface area (Å²) >= 11 is 0. The minimum absolute atomic E-state index is 0.0141. The Bertz CT molecular complexity index is 2270. The topological polar surface area (TPSA) is 352 Å². The lowest BCUT2D eigenvalue weighted by Crippen LogP contribution is -2.59. The van der Waals surface area contributed by atoms with Gasteiger partial charge in [0, 0.05) is 67.8 Å². The van der Waals surface area contributed by atoms with E-state index < -0.39 is 102 Å². The van der Waals surface area contributed by atoms with Gasteiger partial charge in [-0.3, -0.25) is 43.2 Å². The van der Waals surface area contributed by atoms with Crippen LogP contribution in [0.5, 0.6) is 0 Å². The Morgan fingerprint density at radius 3 is 2.01 bits per heavy atom. The number of H-pyrrole nitrogens is 2. The SMILES string of the molecule is CC(C)[C@H](NC(=O)[C@H](C)NC(=O)[C@H](Cc1c[nH]c2ccccc12)NC(=O)[C@@H](N)CCC(N)=O)C(=O)N(C)CC(=O)N[C@@H](Cc1cnc[nH]1)C(=O)N[C@H](CCC(=O)N[C@@H](CC1CCCC1)C(N)=O)C(C)C. The van der Waals surface area contributed by atoms with Crippen LogP contribution in [0, 0.1) is 17.8 Å². The first-order valence-electron chi connectivity index (χ1n) is 24.0. The second-order valence-electron chi connectivity index (χ2n) is 19.1. The van der Waals surface area contributed by atoms with Crippen LogP contribution in [-0.4, -0.2) is 129 Å². The maximum atomic E-state index is 13.9. The lowest BCUT2D eigenvalue weighted by atomic mass is 9.96. The number of fused-ring (bicyclic) bond motifs is 1. The minimum Gasteiger partial charge on any atom is -0.370 e. The van der Waals surface area contributed by atoms with E-state index in [-0.39, 0.29) is 50.4 Å². The highest BCUT2D eigenvalue weighted by Gasteiger charge is 2.34. The number of rotatable bonds is 28. The van der Waals surface area contributed by atoms with Crippen LogP contribution in [0.4, 0.5) is 0 Å². The summed E-state index contributed by atoms with van der Waals surface area (Å²) in [6.45, 7) is 8.07. The van der Waals surface area contributed by atoms with Crippen LogP contribution in [0.1, 0.15) is 104 Å². The van der Waals surface area contributed by atoms with Crippen LogP contribution in [0.15, 0.2) is 43.0 Å². The molecular formula is C48H73N13O9. The van der Waals surface area contributed by atoms with Gasteiger partial charge in [0.2, 0.25) is 53.2 Å². The van der Waals surface area contributed by atoms with E-state index in [0.717, 1.165) is 41.5 Å². The number of likely N-dealkylation sites (N-methyl/N-ethyl adjacent to an activating group) is 1. The van der Waals surface area contributed by atoms with Gasteiger partial charge in [0.1, 0.15) is 30.2 Å². The first kappa shape index (κ1) is 55.8. The normalized spacial score (nSPS) is 15.7. The summed E-state index contributed by atoms with van der Waals surface area (Å²) < 4.78 is 0. The Morgan fingerprint density at radius 1 is 0.729 bits per heavy atom. The molecule has 1 saturated carbocycles. The van der Waals surface area contributed by atoms with Crippen molar-refractivity contribution in [1.29, 1.82) is 0 Å². The fourth-order valence-electron chi connectivity index (χ4n) is 8.44. The minimum atomic E-state index is -1.21. The number of nitrogens with zero attached hydrogens (tertiary/aromatic N) is 2. The van der Waals surface area contributed by atoms with Crippen molar-refractivity contribution in [2.45, 2.75) is 148 Å². The number of para-hydroxylation sites is 1. The molecule has 22 heteroatoms. The lowest BCUT2D eigenvalue weighted by molar-refractivity contribution is -0.140. The third-order valence-corrected chi connectivity index (χ3v) is 12.7. The molecule has 0 spiro atoms. The molecule has 0 saturated heterocycles. The van der Waals surface area contributed by atoms with Gasteiger partial charge >= 0.3 is 0 Å². The second kappa shape index (κ2) is 26.8. The largest absolute Gasteiger partial charge is 0.370 e. The van der Waals surface area contributed by atoms with Crippen LogP contribution >= 0.6 is 0 Å². The molecule has 4 rings (SSSR count). The van der Waals surface area contributed by atoms with Crippen LogP contribution in [0.3, 0.4) is 0 Å². The van der Waals surface area contributed by atoms with E-state index in [2.05, 4.69) is 46.9 Å². The van der Waals surface area contributed by atoms with Gasteiger partial charge in [0.25, 0.3) is 0 Å². The molecule has 3 aromatic rings. The van der Waals surface area contributed by atoms with E-state index >= 15 is 0 Å². The monoisotopic (exact) mass is 976 g/mol. The van der Waals surface area contributed by atoms with Gasteiger partial charge in [0.15, 0.2) is 0 Å². The molecule has 1 aliphatic carbocycles. The molecule has 1 fully saturated rings. The number of primary amides is 2. The van der Waals surface area contributed by atoms with Crippen molar-refractivity contribution in [1.82, 2.24) is 51.8 Å². The van der Waals surface area contributed by atoms with Crippen molar-refractivity contribution < 1.29 is 43.2 Å². The van der Waals surface area contributed by atoms with Crippen molar-refractivity contribution in [2.75, 3.05) is 13.6 Å². The van der Waals surface area contributed by atoms with Crippen LogP contribution < -0.4 is 49.1 Å². The number of imidazole rings is 1. The summed E-state index contributed by atoms with van der Waals surface area (Å²) in [6, 6.07) is 0.272. The molecule has 22 nitrogen and oxygen atoms in total. The average Bonchev–Trinajstić information content (AvgIpc) is 4.11. The van der Waals surface area contributed by atoms with Crippen molar-refractivity contribution >= 4 is 64.1 Å². The zero-order valence-electron chi connectivity index (χ0n) is 41.1. The number of hydrogen-bond acceptors (Lipinski definition) is 11. The molecule has 384 valence electrons. The lowest BCUT2D eigenvalue weighted by Gasteiger charge is -2.29. The Balaban J connectivity index is 1.37. The van der Waals surface area contributed by atoms with Gasteiger partial charge in [-0.2, -0.15) is 0 Å². The fraction of sp³-hybridized carbons (Fsp3) is 0.583. The van der Waals surface area contributed by atoms with Gasteiger partial charge in [-0.1, -0.05) is 71.6 Å². The van der Waals surface area contributed by atoms with E-state index in [1.807, 2.05) is 38.1 Å². The highest BCUT2D eigenvalue weighted by Crippen LogP contribution is 2.28. The number of aromatic nitrogens is 3. The van der Waals surface area contributed by atoms with Crippen LogP contribution in [-0.2, 0) is 56.0 Å². The third-order valence-electron chi connectivity index (χ3n) is 12.7. The fourth-order valence-corrected chi connectivity index (χ4v) is 8.44. The van der Waals surface area contributed by atoms with Crippen LogP contribution in [0.2, 0.25) is 0 Å². The highest BCUT2D eigenvalue weighted by atomic mass is 16.2. The molecule has 0 bridgehead atoms. The molecule has 9 amide bonds. The Morgan fingerprint density at radius 2 is 1.39 bits per heavy atom. The summed E-state index contributed by atoms with van der Waals surface area (Å²) in [7, 11) is 1.38. The molecule has 0 aliphatic heterocycles. The van der Waals surface area contributed by atoms with Crippen molar-refractivity contribution in [3.8, 4) is 0 Å². The molecule has 2 heterocycles. The predicted octanol–water partition coefficient (Wildman–Crippen LogP) is -0.186. The molecule has 14 N–H and O–H groups in total. The number of benzene rings is 1. The number of aromatic amines is 2. The Hall–Kier alpha value is -6.84. The number of carbonyl (C=O) groups excluding carboxylic acids is 9. The molecule has 2 aromatic heterocycles. The first-order valence-corrected chi connectivity index (χ1v) is 24.0. The molecule has 0 radical (unpaired) electrons. The number of carbonyl (C=O) groups is 9. The number of nitrogens with two attached hydrogens (primary N) is 3. The summed E-state index contributed by atoms with van der Waals surface area (Å²) in [5.74, 6) is -5.85. The van der Waals surface area contributed by atoms with Crippen molar-refractivity contribution in [3.05, 3.63) is 54.2 Å². The van der Waals surface area contributed by atoms with E-state index in [1.54, 1.807) is 20.0 Å². The standard InChI is InChI=1S/C48H73N13O9/c1-26(2)34(16-18-40(63)56-36(43(51)65)19-29-11-7-8-12-29)58-47(69)38(21-31-23-52-25-54-31)57-41(64)24-61(6)48(70)42(27(3)4)60-44(66)28(5)55-46(68)37(59-45(67)33(49)15-17-39(50)62)20-30-22-53-35-14-10-9-13-32(30)35/h9-10,13-14,22-23,25-29,33-34,36-38,42,53H,7-8,11-12,15-21,24,49H2,1-6H3,(H2,50,62)(H2,51,65)(H,52,54)(H,55,68)(H,56,63)(H,57,64)(H,58,69)(H,59,67)(H,60,66)/t28-,33-,34+,36-,37-,38-,42-/m0/s1. The van der Waals surface area contributed by atoms with Gasteiger partial charge < -0.3 is 64.0 Å². The van der Waals surface area contributed by atoms with Gasteiger partial charge in [0.05, 0.1) is 18.9 Å². The van der Waals surface area contributed by atoms with E-state index in [1.165, 1.54) is 26.5 Å². The third kappa shape index (κ3) is 17.3. The molecular weight excluding hydrogens is 903 g/mol. The Kier molecular flexibility index (Phi) is 21.3. The quantitative estimate of drug-likeness (QED) is 0.0453. The zero-order valence-corrected chi connectivity index (χ0v) is 41.1. The van der Waals surface area contributed by atoms with E-state index in [0.29, 0.717) is 23.6 Å². The summed E-state index contributed by atoms with van der Waals surface area (Å²) in [5.41, 5.74) is 18.9. The maximum Gasteiger partial charge on any atom is 0.245 e. The average molecular weight is 976 g/mol. The maximum absolute atomic E-state index is 13.9. The van der Waals surface area contributed by atoms with Gasteiger partial charge in [-0.05, 0) is 55.6 Å². The van der Waals surface area contributed by atoms with Gasteiger partial charge in [-0.15, -0.1) is 0 Å². The smallest absolute Gasteiger partial charge is 0.245 e. The molecule has 1 aliphatic rings. The zero-order chi connectivity index (χ0) is 51.7. The summed E-state index contributed by atoms with van der Waals surface area (Å²) in [6.07, 6.45) is 9.39. The van der Waals surface area contributed by atoms with Crippen molar-refractivity contribution in [2.24, 2.45) is 35.0 Å². The molecule has 70 heavy (non-hydrogen) atoms. The Labute approximate surface area is 408 Å². The molecule has 1 aromatic carbocycles. The first-order chi connectivity index (χ1) is 33.1. The van der Waals surface area contributed by atoms with E-state index in [4.69, 9.17) is 17.2 Å². The number of nitrogens with one attached hydrogen (secondary N) is 8. The molecule has 7 atom stereocenters. The summed E-state index contributed by atoms with van der Waals surface area (Å²) in [4.78, 5) is 130. The number of amides is 9.